The van der Waals surface area contributed by atoms with Gasteiger partial charge in [-0.25, -0.2) is 9.51 Å². The number of hydrogen-bond acceptors (Lipinski definition) is 7. The Morgan fingerprint density at radius 1 is 1.23 bits per heavy atom. The highest BCUT2D eigenvalue weighted by molar-refractivity contribution is 6.22. The number of ether oxygens (including phenoxy) is 2. The molecule has 2 aromatic heterocycles. The molecule has 1 fully saturated rings. The molecule has 0 spiro atoms. The lowest BCUT2D eigenvalue weighted by atomic mass is 10.1. The Morgan fingerprint density at radius 2 is 2.03 bits per heavy atom. The first-order valence-corrected chi connectivity index (χ1v) is 10.5. The number of quaternary nitrogens is 1. The van der Waals surface area contributed by atoms with Gasteiger partial charge in [0.1, 0.15) is 25.5 Å². The maximum absolute atomic E-state index is 9.02. The SMILES string of the molecule is C[N+]1(CCOc2nn3ccccc3c2/N=C2\C=C(OCCO)C(=N)C=C2N)CCCC1. The number of aliphatic hydroxyl groups excluding tert-OH is 1. The van der Waals surface area contributed by atoms with Crippen LogP contribution in [-0.4, -0.2) is 77.1 Å². The minimum atomic E-state index is -0.139. The number of aromatic nitrogens is 2. The Bertz CT molecular complexity index is 1060. The number of nitrogens with two attached hydrogens (primary N) is 1. The summed E-state index contributed by atoms with van der Waals surface area (Å²) in [7, 11) is 2.27. The standard InChI is InChI=1S/C22H29N6O3/c1-28(8-4-5-9-28)10-12-31-22-21(19-6-2-3-7-27(19)26-22)25-18-15-20(30-13-11-29)17(24)14-16(18)23/h2-3,6-7,14-15,24,29H,4-5,8-13,23H2,1H3/q+1/b24-17?,25-18+. The minimum Gasteiger partial charge on any atom is -0.489 e. The molecule has 2 aliphatic rings. The van der Waals surface area contributed by atoms with E-state index in [9.17, 15) is 0 Å². The Labute approximate surface area is 181 Å². The van der Waals surface area contributed by atoms with E-state index in [-0.39, 0.29) is 18.9 Å². The molecule has 1 saturated heterocycles. The van der Waals surface area contributed by atoms with Crippen molar-refractivity contribution in [3.05, 3.63) is 48.0 Å². The summed E-state index contributed by atoms with van der Waals surface area (Å²) >= 11 is 0. The molecule has 0 aromatic carbocycles. The fourth-order valence-corrected chi connectivity index (χ4v) is 3.93. The van der Waals surface area contributed by atoms with E-state index in [2.05, 4.69) is 12.1 Å². The van der Waals surface area contributed by atoms with Gasteiger partial charge in [0.25, 0.3) is 5.88 Å². The summed E-state index contributed by atoms with van der Waals surface area (Å²) in [5.74, 6) is 0.761. The van der Waals surface area contributed by atoms with Crippen LogP contribution in [0.4, 0.5) is 5.69 Å². The summed E-state index contributed by atoms with van der Waals surface area (Å²) in [5.41, 5.74) is 8.49. The van der Waals surface area contributed by atoms with Gasteiger partial charge in [0.15, 0.2) is 5.69 Å². The zero-order valence-corrected chi connectivity index (χ0v) is 17.8. The number of nitrogens with zero attached hydrogens (tertiary/aromatic N) is 4. The number of allylic oxidation sites excluding steroid dienone is 2. The molecule has 0 amide bonds. The summed E-state index contributed by atoms with van der Waals surface area (Å²) in [5, 5.41) is 21.6. The molecule has 9 nitrogen and oxygen atoms in total. The van der Waals surface area contributed by atoms with E-state index in [1.165, 1.54) is 32.0 Å². The first kappa shape index (κ1) is 21.1. The summed E-state index contributed by atoms with van der Waals surface area (Å²) in [6.07, 6.45) is 7.48. The number of aliphatic imine (C=N–C) groups is 1. The molecule has 164 valence electrons. The van der Waals surface area contributed by atoms with Crippen LogP contribution in [0.25, 0.3) is 5.52 Å². The monoisotopic (exact) mass is 425 g/mol. The molecule has 0 bridgehead atoms. The third-order valence-electron chi connectivity index (χ3n) is 5.71. The first-order chi connectivity index (χ1) is 15.0. The van der Waals surface area contributed by atoms with Crippen LogP contribution in [0.2, 0.25) is 0 Å². The third-order valence-corrected chi connectivity index (χ3v) is 5.71. The van der Waals surface area contributed by atoms with Crippen molar-refractivity contribution in [1.82, 2.24) is 9.61 Å². The summed E-state index contributed by atoms with van der Waals surface area (Å²) in [6, 6.07) is 5.74. The molecule has 31 heavy (non-hydrogen) atoms. The van der Waals surface area contributed by atoms with Crippen molar-refractivity contribution in [3.8, 4) is 5.88 Å². The predicted octanol–water partition coefficient (Wildman–Crippen LogP) is 1.79. The fraction of sp³-hybridized carbons (Fsp3) is 0.409. The Hall–Kier alpha value is -3.17. The average molecular weight is 426 g/mol. The largest absolute Gasteiger partial charge is 0.489 e. The Kier molecular flexibility index (Phi) is 6.06. The van der Waals surface area contributed by atoms with Gasteiger partial charge in [0, 0.05) is 25.1 Å². The first-order valence-electron chi connectivity index (χ1n) is 10.5. The second-order valence-corrected chi connectivity index (χ2v) is 8.12. The van der Waals surface area contributed by atoms with Gasteiger partial charge in [-0.3, -0.25) is 5.41 Å². The van der Waals surface area contributed by atoms with Crippen molar-refractivity contribution >= 4 is 22.6 Å². The summed E-state index contributed by atoms with van der Waals surface area (Å²) in [6.45, 7) is 3.78. The number of nitrogens with one attached hydrogen (secondary N) is 1. The van der Waals surface area contributed by atoms with Crippen LogP contribution in [0.3, 0.4) is 0 Å². The van der Waals surface area contributed by atoms with Crippen molar-refractivity contribution in [3.63, 3.8) is 0 Å². The van der Waals surface area contributed by atoms with Crippen LogP contribution < -0.4 is 10.5 Å². The van der Waals surface area contributed by atoms with Crippen molar-refractivity contribution < 1.29 is 19.1 Å². The maximum Gasteiger partial charge on any atom is 0.260 e. The number of hydrogen-bond donors (Lipinski definition) is 3. The number of aliphatic hydroxyl groups is 1. The Balaban J connectivity index is 1.64. The topological polar surface area (TPSA) is 118 Å². The second kappa shape index (κ2) is 8.91. The molecule has 2 aromatic rings. The highest BCUT2D eigenvalue weighted by Crippen LogP contribution is 2.33. The fourth-order valence-electron chi connectivity index (χ4n) is 3.93. The summed E-state index contributed by atoms with van der Waals surface area (Å²) < 4.78 is 14.3. The van der Waals surface area contributed by atoms with Gasteiger partial charge in [0.05, 0.1) is 49.4 Å². The van der Waals surface area contributed by atoms with Gasteiger partial charge in [-0.2, -0.15) is 0 Å². The van der Waals surface area contributed by atoms with E-state index in [0.717, 1.165) is 16.5 Å². The molecule has 0 atom stereocenters. The third kappa shape index (κ3) is 4.62. The molecular weight excluding hydrogens is 396 g/mol. The molecule has 1 aliphatic carbocycles. The smallest absolute Gasteiger partial charge is 0.260 e. The van der Waals surface area contributed by atoms with E-state index in [1.807, 2.05) is 24.4 Å². The number of likely N-dealkylation sites (N-methyl/N-ethyl adjacent to an activating group) is 1. The number of pyridine rings is 1. The van der Waals surface area contributed by atoms with Crippen LogP contribution in [0.15, 0.2) is 53.0 Å². The van der Waals surface area contributed by atoms with Gasteiger partial charge in [0.2, 0.25) is 0 Å². The van der Waals surface area contributed by atoms with Gasteiger partial charge >= 0.3 is 0 Å². The zero-order chi connectivity index (χ0) is 21.8. The molecule has 3 heterocycles. The molecule has 0 radical (unpaired) electrons. The van der Waals surface area contributed by atoms with E-state index in [4.69, 9.17) is 30.7 Å². The van der Waals surface area contributed by atoms with E-state index >= 15 is 0 Å². The predicted molar refractivity (Wildman–Crippen MR) is 119 cm³/mol. The van der Waals surface area contributed by atoms with E-state index in [0.29, 0.717) is 35.3 Å². The lowest BCUT2D eigenvalue weighted by molar-refractivity contribution is -0.897. The lowest BCUT2D eigenvalue weighted by Gasteiger charge is -2.28. The zero-order valence-electron chi connectivity index (χ0n) is 17.8. The highest BCUT2D eigenvalue weighted by atomic mass is 16.5. The molecule has 9 heteroatoms. The van der Waals surface area contributed by atoms with Crippen LogP contribution in [0, 0.1) is 5.41 Å². The van der Waals surface area contributed by atoms with Crippen LogP contribution in [0.1, 0.15) is 12.8 Å². The summed E-state index contributed by atoms with van der Waals surface area (Å²) in [4.78, 5) is 4.74. The second-order valence-electron chi connectivity index (χ2n) is 8.12. The maximum atomic E-state index is 9.02. The van der Waals surface area contributed by atoms with Crippen molar-refractivity contribution in [2.75, 3.05) is 46.5 Å². The van der Waals surface area contributed by atoms with Crippen molar-refractivity contribution in [2.24, 2.45) is 10.7 Å². The Morgan fingerprint density at radius 3 is 2.81 bits per heavy atom. The van der Waals surface area contributed by atoms with Crippen LogP contribution in [0.5, 0.6) is 5.88 Å². The highest BCUT2D eigenvalue weighted by Gasteiger charge is 2.27. The van der Waals surface area contributed by atoms with Crippen LogP contribution >= 0.6 is 0 Å². The van der Waals surface area contributed by atoms with Crippen LogP contribution in [-0.2, 0) is 4.74 Å². The van der Waals surface area contributed by atoms with Crippen molar-refractivity contribution in [2.45, 2.75) is 12.8 Å². The number of likely N-dealkylation sites (tertiary alicyclic amines) is 1. The number of rotatable bonds is 8. The van der Waals surface area contributed by atoms with E-state index in [1.54, 1.807) is 10.6 Å². The van der Waals surface area contributed by atoms with Crippen molar-refractivity contribution in [1.29, 1.82) is 5.41 Å². The molecule has 1 aliphatic heterocycles. The number of fused-ring (bicyclic) bond motifs is 1. The van der Waals surface area contributed by atoms with Gasteiger partial charge in [-0.15, -0.1) is 5.10 Å². The lowest BCUT2D eigenvalue weighted by Crippen LogP contribution is -2.43. The minimum absolute atomic E-state index is 0.0946. The molecule has 4 N–H and O–H groups in total. The van der Waals surface area contributed by atoms with E-state index < -0.39 is 0 Å². The quantitative estimate of drug-likeness (QED) is 0.440. The molecule has 0 saturated carbocycles. The normalized spacial score (nSPS) is 19.5. The molecule has 4 rings (SSSR count). The molecular formula is C22H29N6O3+. The van der Waals surface area contributed by atoms with Gasteiger partial charge in [-0.1, -0.05) is 6.07 Å². The van der Waals surface area contributed by atoms with Gasteiger partial charge in [-0.05, 0) is 18.2 Å². The molecule has 0 unspecified atom stereocenters. The van der Waals surface area contributed by atoms with Gasteiger partial charge < -0.3 is 24.8 Å². The average Bonchev–Trinajstić information content (AvgIpc) is 3.33.